The molecule has 0 unspecified atom stereocenters. The fourth-order valence-corrected chi connectivity index (χ4v) is 2.62. The summed E-state index contributed by atoms with van der Waals surface area (Å²) in [5.41, 5.74) is 2.80. The van der Waals surface area contributed by atoms with Crippen LogP contribution in [0.25, 0.3) is 0 Å². The molecule has 6 heteroatoms. The Kier molecular flexibility index (Phi) is 5.49. The third kappa shape index (κ3) is 4.28. The van der Waals surface area contributed by atoms with Gasteiger partial charge >= 0.3 is 0 Å². The second-order valence-electron chi connectivity index (χ2n) is 4.39. The normalized spacial score (nSPS) is 10.5. The van der Waals surface area contributed by atoms with E-state index in [-0.39, 0.29) is 10.6 Å². The molecule has 0 aliphatic rings. The monoisotopic (exact) mass is 309 g/mol. The summed E-state index contributed by atoms with van der Waals surface area (Å²) in [5, 5.41) is 9.26. The average molecular weight is 310 g/mol. The molecule has 0 saturated heterocycles. The molecule has 0 bridgehead atoms. The highest BCUT2D eigenvalue weighted by Crippen LogP contribution is 2.16. The van der Waals surface area contributed by atoms with Gasteiger partial charge in [-0.3, -0.25) is 4.79 Å². The maximum atomic E-state index is 11.2. The Bertz CT molecular complexity index is 613. The summed E-state index contributed by atoms with van der Waals surface area (Å²) in [5.74, 6) is 1.90. The van der Waals surface area contributed by atoms with Crippen LogP contribution in [0.2, 0.25) is 5.02 Å². The van der Waals surface area contributed by atoms with Crippen molar-refractivity contribution in [2.24, 2.45) is 0 Å². The van der Waals surface area contributed by atoms with E-state index < -0.39 is 0 Å². The zero-order valence-corrected chi connectivity index (χ0v) is 12.7. The molecule has 1 aromatic carbocycles. The molecule has 4 nitrogen and oxygen atoms in total. The van der Waals surface area contributed by atoms with Gasteiger partial charge in [0.25, 0.3) is 5.56 Å². The molecule has 0 radical (unpaired) electrons. The number of benzene rings is 1. The molecule has 0 fully saturated rings. The summed E-state index contributed by atoms with van der Waals surface area (Å²) in [6.45, 7) is 2.82. The van der Waals surface area contributed by atoms with E-state index in [1.165, 1.54) is 17.3 Å². The van der Waals surface area contributed by atoms with E-state index in [0.29, 0.717) is 5.69 Å². The molecule has 106 valence electrons. The van der Waals surface area contributed by atoms with Crippen LogP contribution in [-0.4, -0.2) is 22.5 Å². The smallest absolute Gasteiger partial charge is 0.285 e. The number of H-pyrrole nitrogens is 1. The van der Waals surface area contributed by atoms with E-state index in [9.17, 15) is 4.79 Å². The number of halogens is 1. The molecule has 0 spiro atoms. The summed E-state index contributed by atoms with van der Waals surface area (Å²) in [7, 11) is 0. The lowest BCUT2D eigenvalue weighted by atomic mass is 10.2. The number of aromatic nitrogens is 2. The Balaban J connectivity index is 1.73. The van der Waals surface area contributed by atoms with Crippen molar-refractivity contribution < 1.29 is 0 Å². The lowest BCUT2D eigenvalue weighted by molar-refractivity contribution is 0.985. The Morgan fingerprint density at radius 2 is 2.10 bits per heavy atom. The number of thioether (sulfide) groups is 1. The van der Waals surface area contributed by atoms with Crippen LogP contribution in [0.1, 0.15) is 11.1 Å². The van der Waals surface area contributed by atoms with Gasteiger partial charge in [0, 0.05) is 18.1 Å². The molecule has 2 rings (SSSR count). The molecule has 0 aliphatic carbocycles. The van der Waals surface area contributed by atoms with E-state index in [1.807, 2.05) is 11.8 Å². The van der Waals surface area contributed by atoms with Crippen molar-refractivity contribution >= 4 is 29.1 Å². The van der Waals surface area contributed by atoms with E-state index >= 15 is 0 Å². The second kappa shape index (κ2) is 7.36. The first-order valence-electron chi connectivity index (χ1n) is 6.27. The number of nitrogens with one attached hydrogen (secondary N) is 2. The van der Waals surface area contributed by atoms with E-state index in [2.05, 4.69) is 46.7 Å². The highest BCUT2D eigenvalue weighted by atomic mass is 35.5. The van der Waals surface area contributed by atoms with Gasteiger partial charge in [-0.25, -0.2) is 5.10 Å². The average Bonchev–Trinajstić information content (AvgIpc) is 2.45. The minimum Gasteiger partial charge on any atom is -0.382 e. The van der Waals surface area contributed by atoms with Crippen molar-refractivity contribution in [3.63, 3.8) is 0 Å². The van der Waals surface area contributed by atoms with Crippen molar-refractivity contribution in [2.75, 3.05) is 17.6 Å². The van der Waals surface area contributed by atoms with E-state index in [0.717, 1.165) is 18.1 Å². The minimum atomic E-state index is -0.371. The fourth-order valence-electron chi connectivity index (χ4n) is 1.64. The topological polar surface area (TPSA) is 57.8 Å². The molecule has 0 aliphatic heterocycles. The van der Waals surface area contributed by atoms with Crippen molar-refractivity contribution in [3.05, 3.63) is 57.0 Å². The summed E-state index contributed by atoms with van der Waals surface area (Å²) >= 11 is 7.69. The molecule has 0 saturated carbocycles. The zero-order valence-electron chi connectivity index (χ0n) is 11.1. The Hall–Kier alpha value is -1.46. The highest BCUT2D eigenvalue weighted by Gasteiger charge is 2.03. The van der Waals surface area contributed by atoms with Crippen LogP contribution < -0.4 is 10.9 Å². The van der Waals surface area contributed by atoms with Gasteiger partial charge in [-0.2, -0.15) is 16.9 Å². The summed E-state index contributed by atoms with van der Waals surface area (Å²) in [4.78, 5) is 11.2. The van der Waals surface area contributed by atoms with Crippen molar-refractivity contribution in [1.82, 2.24) is 10.2 Å². The first-order chi connectivity index (χ1) is 9.66. The Morgan fingerprint density at radius 3 is 2.85 bits per heavy atom. The van der Waals surface area contributed by atoms with Gasteiger partial charge in [-0.05, 0) is 12.5 Å². The zero-order chi connectivity index (χ0) is 14.4. The van der Waals surface area contributed by atoms with Gasteiger partial charge in [0.2, 0.25) is 0 Å². The summed E-state index contributed by atoms with van der Waals surface area (Å²) in [6.07, 6.45) is 1.52. The first-order valence-corrected chi connectivity index (χ1v) is 7.80. The van der Waals surface area contributed by atoms with Crippen LogP contribution in [0.15, 0.2) is 35.3 Å². The maximum Gasteiger partial charge on any atom is 0.285 e. The predicted octanol–water partition coefficient (Wildman–Crippen LogP) is 3.08. The molecule has 0 atom stereocenters. The Morgan fingerprint density at radius 1 is 1.35 bits per heavy atom. The molecule has 2 aromatic rings. The highest BCUT2D eigenvalue weighted by molar-refractivity contribution is 7.98. The standard InChI is InChI=1S/C14H16ClN3OS/c1-10-2-4-11(5-3-10)9-20-7-6-16-12-8-17-18-14(19)13(12)15/h2-5,8H,6-7,9H2,1H3,(H2,16,18,19). The SMILES string of the molecule is Cc1ccc(CSCCNc2cn[nH]c(=O)c2Cl)cc1. The van der Waals surface area contributed by atoms with Gasteiger partial charge in [-0.15, -0.1) is 0 Å². The minimum absolute atomic E-state index is 0.156. The predicted molar refractivity (Wildman–Crippen MR) is 85.7 cm³/mol. The molecule has 0 amide bonds. The molecule has 2 N–H and O–H groups in total. The van der Waals surface area contributed by atoms with Crippen LogP contribution in [0.5, 0.6) is 0 Å². The summed E-state index contributed by atoms with van der Waals surface area (Å²) < 4.78 is 0. The number of rotatable bonds is 6. The number of hydrogen-bond acceptors (Lipinski definition) is 4. The van der Waals surface area contributed by atoms with Crippen LogP contribution in [0.3, 0.4) is 0 Å². The third-order valence-corrected chi connectivity index (χ3v) is 4.15. The van der Waals surface area contributed by atoms with Crippen molar-refractivity contribution in [1.29, 1.82) is 0 Å². The van der Waals surface area contributed by atoms with Gasteiger partial charge in [0.15, 0.2) is 0 Å². The molecule has 1 aromatic heterocycles. The van der Waals surface area contributed by atoms with Crippen molar-refractivity contribution in [2.45, 2.75) is 12.7 Å². The Labute approximate surface area is 126 Å². The largest absolute Gasteiger partial charge is 0.382 e. The second-order valence-corrected chi connectivity index (χ2v) is 5.87. The molecule has 20 heavy (non-hydrogen) atoms. The third-order valence-electron chi connectivity index (χ3n) is 2.75. The van der Waals surface area contributed by atoms with Gasteiger partial charge < -0.3 is 5.32 Å². The van der Waals surface area contributed by atoms with Crippen LogP contribution in [-0.2, 0) is 5.75 Å². The molecule has 1 heterocycles. The number of aromatic amines is 1. The quantitative estimate of drug-likeness (QED) is 0.805. The van der Waals surface area contributed by atoms with Crippen molar-refractivity contribution in [3.8, 4) is 0 Å². The lowest BCUT2D eigenvalue weighted by Gasteiger charge is -2.07. The van der Waals surface area contributed by atoms with Crippen LogP contribution >= 0.6 is 23.4 Å². The number of anilines is 1. The lowest BCUT2D eigenvalue weighted by Crippen LogP contribution is -2.13. The maximum absolute atomic E-state index is 11.2. The molecular weight excluding hydrogens is 294 g/mol. The van der Waals surface area contributed by atoms with E-state index in [1.54, 1.807) is 0 Å². The summed E-state index contributed by atoms with van der Waals surface area (Å²) in [6, 6.07) is 8.53. The fraction of sp³-hybridized carbons (Fsp3) is 0.286. The van der Waals surface area contributed by atoms with Crippen LogP contribution in [0.4, 0.5) is 5.69 Å². The van der Waals surface area contributed by atoms with Gasteiger partial charge in [-0.1, -0.05) is 41.4 Å². The van der Waals surface area contributed by atoms with Gasteiger partial charge in [0.05, 0.1) is 11.9 Å². The number of nitrogens with zero attached hydrogens (tertiary/aromatic N) is 1. The molecular formula is C14H16ClN3OS. The first kappa shape index (κ1) is 14.9. The number of aryl methyl sites for hydroxylation is 1. The van der Waals surface area contributed by atoms with Gasteiger partial charge in [0.1, 0.15) is 5.02 Å². The van der Waals surface area contributed by atoms with E-state index in [4.69, 9.17) is 11.6 Å². The van der Waals surface area contributed by atoms with Crippen LogP contribution in [0, 0.1) is 6.92 Å². The number of hydrogen-bond donors (Lipinski definition) is 2.